The molecule has 3 amide bonds. The van der Waals surface area contributed by atoms with Gasteiger partial charge in [-0.2, -0.15) is 23.5 Å². The number of hydrogen-bond acceptors (Lipinski definition) is 8. The van der Waals surface area contributed by atoms with Crippen molar-refractivity contribution in [1.29, 1.82) is 0 Å². The maximum atomic E-state index is 12.7. The third kappa shape index (κ3) is 13.8. The molecule has 4 atom stereocenters. The zero-order chi connectivity index (χ0) is 25.4. The smallest absolute Gasteiger partial charge is 0.326 e. The number of carbonyl (C=O) groups excluding carboxylic acids is 3. The number of aliphatic imine (C=N–C) groups is 1. The van der Waals surface area contributed by atoms with E-state index in [0.717, 1.165) is 0 Å². The van der Waals surface area contributed by atoms with E-state index in [4.69, 9.17) is 17.2 Å². The van der Waals surface area contributed by atoms with Gasteiger partial charge in [-0.1, -0.05) is 0 Å². The molecule has 12 nitrogen and oxygen atoms in total. The third-order valence-corrected chi connectivity index (χ3v) is 5.81. The molecule has 0 aromatic carbocycles. The van der Waals surface area contributed by atoms with Crippen molar-refractivity contribution in [2.45, 2.75) is 56.8 Å². The van der Waals surface area contributed by atoms with Crippen molar-refractivity contribution in [3.8, 4) is 0 Å². The highest BCUT2D eigenvalue weighted by Gasteiger charge is 2.28. The molecule has 0 bridgehead atoms. The molecule has 0 rings (SSSR count). The number of carboxylic acids is 1. The molecule has 0 aliphatic carbocycles. The summed E-state index contributed by atoms with van der Waals surface area (Å²) in [5.41, 5.74) is 16.3. The lowest BCUT2D eigenvalue weighted by molar-refractivity contribution is -0.142. The van der Waals surface area contributed by atoms with Gasteiger partial charge in [0.1, 0.15) is 18.1 Å². The predicted molar refractivity (Wildman–Crippen MR) is 133 cm³/mol. The largest absolute Gasteiger partial charge is 0.480 e. The van der Waals surface area contributed by atoms with Gasteiger partial charge in [0.15, 0.2) is 5.96 Å². The molecule has 0 heterocycles. The SMILES string of the molecule is CSCCC(N)C(=O)NC(C)C(=O)NC(CCSC)C(=O)NC(CCCN=C(N)N)C(=O)O. The molecule has 0 aromatic rings. The number of nitrogens with zero attached hydrogens (tertiary/aromatic N) is 1. The number of aliphatic carboxylic acids is 1. The van der Waals surface area contributed by atoms with Crippen LogP contribution in [0.2, 0.25) is 0 Å². The maximum Gasteiger partial charge on any atom is 0.326 e. The summed E-state index contributed by atoms with van der Waals surface area (Å²) in [7, 11) is 0. The average Bonchev–Trinajstić information content (AvgIpc) is 2.75. The second-order valence-electron chi connectivity index (χ2n) is 7.31. The Morgan fingerprint density at radius 3 is 2.00 bits per heavy atom. The van der Waals surface area contributed by atoms with Gasteiger partial charge in [0.05, 0.1) is 6.04 Å². The van der Waals surface area contributed by atoms with E-state index in [1.807, 2.05) is 12.5 Å². The Labute approximate surface area is 203 Å². The highest BCUT2D eigenvalue weighted by Crippen LogP contribution is 2.05. The number of thioether (sulfide) groups is 2. The minimum absolute atomic E-state index is 0.0998. The Morgan fingerprint density at radius 2 is 1.45 bits per heavy atom. The van der Waals surface area contributed by atoms with Gasteiger partial charge in [-0.25, -0.2) is 4.79 Å². The topological polar surface area (TPSA) is 215 Å². The summed E-state index contributed by atoms with van der Waals surface area (Å²) in [5, 5.41) is 17.0. The fraction of sp³-hybridized carbons (Fsp3) is 0.737. The van der Waals surface area contributed by atoms with Crippen molar-refractivity contribution < 1.29 is 24.3 Å². The predicted octanol–water partition coefficient (Wildman–Crippen LogP) is -1.57. The Balaban J connectivity index is 5.01. The molecule has 190 valence electrons. The Hall–Kier alpha value is -2.19. The average molecular weight is 508 g/mol. The fourth-order valence-corrected chi connectivity index (χ4v) is 3.56. The first-order valence-corrected chi connectivity index (χ1v) is 13.2. The first kappa shape index (κ1) is 30.8. The second-order valence-corrected chi connectivity index (χ2v) is 9.28. The summed E-state index contributed by atoms with van der Waals surface area (Å²) in [6.45, 7) is 1.71. The Morgan fingerprint density at radius 1 is 0.879 bits per heavy atom. The van der Waals surface area contributed by atoms with Crippen molar-refractivity contribution in [3.63, 3.8) is 0 Å². The number of amides is 3. The first-order valence-electron chi connectivity index (χ1n) is 10.5. The van der Waals surface area contributed by atoms with Crippen LogP contribution in [0.25, 0.3) is 0 Å². The minimum Gasteiger partial charge on any atom is -0.480 e. The van der Waals surface area contributed by atoms with E-state index >= 15 is 0 Å². The van der Waals surface area contributed by atoms with Crippen molar-refractivity contribution in [1.82, 2.24) is 16.0 Å². The lowest BCUT2D eigenvalue weighted by Crippen LogP contribution is -2.56. The molecule has 0 aliphatic heterocycles. The number of nitrogens with one attached hydrogen (secondary N) is 3. The van der Waals surface area contributed by atoms with E-state index in [9.17, 15) is 24.3 Å². The van der Waals surface area contributed by atoms with Gasteiger partial charge in [0, 0.05) is 6.54 Å². The van der Waals surface area contributed by atoms with Gasteiger partial charge in [0.25, 0.3) is 0 Å². The van der Waals surface area contributed by atoms with Gasteiger partial charge in [-0.15, -0.1) is 0 Å². The third-order valence-electron chi connectivity index (χ3n) is 4.53. The lowest BCUT2D eigenvalue weighted by atomic mass is 10.1. The van der Waals surface area contributed by atoms with Crippen molar-refractivity contribution in [2.75, 3.05) is 30.6 Å². The van der Waals surface area contributed by atoms with Crippen molar-refractivity contribution >= 4 is 53.2 Å². The zero-order valence-corrected chi connectivity index (χ0v) is 21.0. The van der Waals surface area contributed by atoms with E-state index in [-0.39, 0.29) is 25.3 Å². The van der Waals surface area contributed by atoms with Crippen LogP contribution in [-0.2, 0) is 19.2 Å². The molecule has 0 aliphatic rings. The Kier molecular flexibility index (Phi) is 16.2. The highest BCUT2D eigenvalue weighted by molar-refractivity contribution is 7.98. The van der Waals surface area contributed by atoms with Crippen LogP contribution in [0.15, 0.2) is 4.99 Å². The monoisotopic (exact) mass is 507 g/mol. The van der Waals surface area contributed by atoms with Crippen LogP contribution in [0, 0.1) is 0 Å². The van der Waals surface area contributed by atoms with Gasteiger partial charge >= 0.3 is 5.97 Å². The summed E-state index contributed by atoms with van der Waals surface area (Å²) < 4.78 is 0. The van der Waals surface area contributed by atoms with E-state index in [1.54, 1.807) is 11.8 Å². The standard InChI is InChI=1S/C19H37N7O5S2/c1-11(24-16(28)12(20)6-9-32-2)15(27)25-13(7-10-33-3)17(29)26-14(18(30)31)5-4-8-23-19(21)22/h11-14H,4-10,20H2,1-3H3,(H,24,28)(H,25,27)(H,26,29)(H,30,31)(H4,21,22,23). The van der Waals surface area contributed by atoms with Gasteiger partial charge in [0.2, 0.25) is 17.7 Å². The van der Waals surface area contributed by atoms with Crippen LogP contribution < -0.4 is 33.2 Å². The first-order chi connectivity index (χ1) is 15.5. The molecule has 0 saturated carbocycles. The molecule has 4 unspecified atom stereocenters. The number of rotatable bonds is 17. The van der Waals surface area contributed by atoms with Crippen LogP contribution in [0.4, 0.5) is 0 Å². The normalized spacial score (nSPS) is 14.3. The number of carbonyl (C=O) groups is 4. The summed E-state index contributed by atoms with van der Waals surface area (Å²) >= 11 is 3.04. The van der Waals surface area contributed by atoms with Crippen LogP contribution >= 0.6 is 23.5 Å². The van der Waals surface area contributed by atoms with E-state index < -0.39 is 47.9 Å². The summed E-state index contributed by atoms with van der Waals surface area (Å²) in [6, 6.07) is -3.78. The number of carboxylic acid groups (broad SMARTS) is 1. The summed E-state index contributed by atoms with van der Waals surface area (Å²) in [6.07, 6.45) is 4.96. The van der Waals surface area contributed by atoms with E-state index in [2.05, 4.69) is 20.9 Å². The Bertz CT molecular complexity index is 677. The summed E-state index contributed by atoms with van der Waals surface area (Å²) in [5.74, 6) is -1.68. The summed E-state index contributed by atoms with van der Waals surface area (Å²) in [4.78, 5) is 52.8. The molecule has 0 aromatic heterocycles. The number of nitrogens with two attached hydrogens (primary N) is 3. The second kappa shape index (κ2) is 17.3. The molecule has 0 spiro atoms. The molecular weight excluding hydrogens is 470 g/mol. The van der Waals surface area contributed by atoms with Crippen molar-refractivity contribution in [2.24, 2.45) is 22.2 Å². The molecule has 0 radical (unpaired) electrons. The van der Waals surface area contributed by atoms with Crippen molar-refractivity contribution in [3.05, 3.63) is 0 Å². The number of guanidine groups is 1. The van der Waals surface area contributed by atoms with E-state index in [0.29, 0.717) is 24.3 Å². The maximum absolute atomic E-state index is 12.7. The molecule has 33 heavy (non-hydrogen) atoms. The molecule has 0 fully saturated rings. The van der Waals surface area contributed by atoms with Gasteiger partial charge < -0.3 is 38.3 Å². The van der Waals surface area contributed by atoms with Crippen LogP contribution in [0.3, 0.4) is 0 Å². The zero-order valence-electron chi connectivity index (χ0n) is 19.3. The minimum atomic E-state index is -1.21. The van der Waals surface area contributed by atoms with Crippen LogP contribution in [0.1, 0.15) is 32.6 Å². The molecule has 14 heteroatoms. The lowest BCUT2D eigenvalue weighted by Gasteiger charge is -2.23. The highest BCUT2D eigenvalue weighted by atomic mass is 32.2. The molecule has 10 N–H and O–H groups in total. The van der Waals surface area contributed by atoms with Crippen LogP contribution in [-0.4, -0.2) is 89.5 Å². The van der Waals surface area contributed by atoms with E-state index in [1.165, 1.54) is 18.7 Å². The van der Waals surface area contributed by atoms with Gasteiger partial charge in [-0.05, 0) is 56.6 Å². The van der Waals surface area contributed by atoms with Gasteiger partial charge in [-0.3, -0.25) is 19.4 Å². The molecule has 0 saturated heterocycles. The van der Waals surface area contributed by atoms with Crippen LogP contribution in [0.5, 0.6) is 0 Å². The molecular formula is C19H37N7O5S2. The number of hydrogen-bond donors (Lipinski definition) is 7. The fourth-order valence-electron chi connectivity index (χ4n) is 2.60. The quantitative estimate of drug-likeness (QED) is 0.0682.